The van der Waals surface area contributed by atoms with E-state index in [1.54, 1.807) is 0 Å². The number of thiol groups is 1. The van der Waals surface area contributed by atoms with Gasteiger partial charge in [0, 0.05) is 18.8 Å². The Hall–Kier alpha value is -0.970. The van der Waals surface area contributed by atoms with Gasteiger partial charge >= 0.3 is 5.69 Å². The van der Waals surface area contributed by atoms with E-state index >= 15 is 0 Å². The molecule has 0 saturated heterocycles. The molecule has 1 aromatic heterocycles. The van der Waals surface area contributed by atoms with Crippen molar-refractivity contribution in [3.63, 3.8) is 0 Å². The Kier molecular flexibility index (Phi) is 4.00. The lowest BCUT2D eigenvalue weighted by molar-refractivity contribution is 0.560. The number of rotatable bonds is 4. The summed E-state index contributed by atoms with van der Waals surface area (Å²) in [6, 6.07) is 1.35. The average Bonchev–Trinajstić information content (AvgIpc) is 2.18. The monoisotopic (exact) mass is 214 g/mol. The quantitative estimate of drug-likeness (QED) is 0.597. The largest absolute Gasteiger partial charge is 0.340 e. The van der Waals surface area contributed by atoms with Gasteiger partial charge in [0.25, 0.3) is 5.56 Å². The van der Waals surface area contributed by atoms with E-state index in [-0.39, 0.29) is 11.2 Å². The summed E-state index contributed by atoms with van der Waals surface area (Å²) in [4.78, 5) is 22.7. The van der Waals surface area contributed by atoms with E-state index < -0.39 is 0 Å². The first-order valence-corrected chi connectivity index (χ1v) is 5.08. The molecule has 0 saturated carbocycles. The predicted octanol–water partition coefficient (Wildman–Crippen LogP) is 0.893. The molecule has 4 nitrogen and oxygen atoms in total. The average molecular weight is 214 g/mol. The van der Waals surface area contributed by atoms with Gasteiger partial charge in [0.2, 0.25) is 0 Å². The first kappa shape index (κ1) is 11.1. The minimum atomic E-state index is -0.364. The van der Waals surface area contributed by atoms with Crippen molar-refractivity contribution >= 4 is 12.8 Å². The van der Waals surface area contributed by atoms with Gasteiger partial charge in [-0.25, -0.2) is 8.77 Å². The molecule has 0 aliphatic carbocycles. The van der Waals surface area contributed by atoms with Crippen LogP contribution >= 0.6 is 12.8 Å². The van der Waals surface area contributed by atoms with Gasteiger partial charge in [0.15, 0.2) is 0 Å². The molecule has 0 aliphatic heterocycles. The molecular formula is C9H14N2O2S. The van der Waals surface area contributed by atoms with Gasteiger partial charge in [-0.3, -0.25) is 9.36 Å². The highest BCUT2D eigenvalue weighted by Crippen LogP contribution is 1.94. The van der Waals surface area contributed by atoms with E-state index in [2.05, 4.69) is 19.7 Å². The number of aromatic nitrogens is 2. The SMILES string of the molecule is CCCCCn1c(=O)ccn(S)c1=O. The van der Waals surface area contributed by atoms with E-state index in [4.69, 9.17) is 0 Å². The molecule has 5 heteroatoms. The highest BCUT2D eigenvalue weighted by molar-refractivity contribution is 7.78. The zero-order chi connectivity index (χ0) is 10.6. The van der Waals surface area contributed by atoms with Crippen molar-refractivity contribution in [2.75, 3.05) is 0 Å². The molecule has 1 rings (SSSR count). The van der Waals surface area contributed by atoms with Crippen LogP contribution in [0, 0.1) is 0 Å². The fraction of sp³-hybridized carbons (Fsp3) is 0.556. The van der Waals surface area contributed by atoms with Crippen LogP contribution in [-0.2, 0) is 6.54 Å². The molecule has 1 aromatic rings. The first-order valence-electron chi connectivity index (χ1n) is 4.68. The molecule has 0 radical (unpaired) electrons. The first-order chi connectivity index (χ1) is 6.66. The van der Waals surface area contributed by atoms with Crippen LogP contribution in [0.5, 0.6) is 0 Å². The van der Waals surface area contributed by atoms with Crippen molar-refractivity contribution in [3.8, 4) is 0 Å². The lowest BCUT2D eigenvalue weighted by Crippen LogP contribution is -2.36. The summed E-state index contributed by atoms with van der Waals surface area (Å²) >= 11 is 3.90. The normalized spacial score (nSPS) is 10.4. The Balaban J connectivity index is 2.90. The summed E-state index contributed by atoms with van der Waals surface area (Å²) in [5.74, 6) is 0. The third kappa shape index (κ3) is 2.51. The maximum Gasteiger partial charge on any atom is 0.340 e. The van der Waals surface area contributed by atoms with Gasteiger partial charge in [0.1, 0.15) is 0 Å². The van der Waals surface area contributed by atoms with Crippen LogP contribution < -0.4 is 11.2 Å². The van der Waals surface area contributed by atoms with E-state index in [1.165, 1.54) is 16.8 Å². The Morgan fingerprint density at radius 2 is 2.07 bits per heavy atom. The number of unbranched alkanes of at least 4 members (excludes halogenated alkanes) is 2. The molecule has 0 fully saturated rings. The maximum absolute atomic E-state index is 11.4. The van der Waals surface area contributed by atoms with Gasteiger partial charge in [-0.2, -0.15) is 0 Å². The molecular weight excluding hydrogens is 200 g/mol. The number of hydrogen-bond acceptors (Lipinski definition) is 3. The highest BCUT2D eigenvalue weighted by atomic mass is 32.1. The maximum atomic E-state index is 11.4. The van der Waals surface area contributed by atoms with Crippen molar-refractivity contribution in [1.29, 1.82) is 0 Å². The molecule has 0 atom stereocenters. The summed E-state index contributed by atoms with van der Waals surface area (Å²) in [5.41, 5.74) is -0.617. The van der Waals surface area contributed by atoms with Gasteiger partial charge in [-0.15, -0.1) is 0 Å². The molecule has 0 aliphatic rings. The van der Waals surface area contributed by atoms with E-state index in [0.29, 0.717) is 6.54 Å². The van der Waals surface area contributed by atoms with E-state index in [0.717, 1.165) is 23.2 Å². The zero-order valence-corrected chi connectivity index (χ0v) is 9.04. The predicted molar refractivity (Wildman–Crippen MR) is 58.9 cm³/mol. The Bertz CT molecular complexity index is 408. The number of hydrogen-bond donors (Lipinski definition) is 1. The fourth-order valence-corrected chi connectivity index (χ4v) is 1.41. The van der Waals surface area contributed by atoms with Crippen LogP contribution in [-0.4, -0.2) is 8.54 Å². The van der Waals surface area contributed by atoms with E-state index in [1.807, 2.05) is 0 Å². The van der Waals surface area contributed by atoms with Crippen LogP contribution in [0.1, 0.15) is 26.2 Å². The lowest BCUT2D eigenvalue weighted by Gasteiger charge is -2.04. The molecule has 0 unspecified atom stereocenters. The standard InChI is InChI=1S/C9H14N2O2S/c1-2-3-4-6-10-8(12)5-7-11(14)9(10)13/h5,7,14H,2-4,6H2,1H3. The summed E-state index contributed by atoms with van der Waals surface area (Å²) in [5, 5.41) is 0. The fourth-order valence-electron chi connectivity index (χ4n) is 1.23. The second-order valence-corrected chi connectivity index (χ2v) is 3.57. The Morgan fingerprint density at radius 3 is 2.71 bits per heavy atom. The summed E-state index contributed by atoms with van der Waals surface area (Å²) in [7, 11) is 0. The van der Waals surface area contributed by atoms with Crippen molar-refractivity contribution in [2.45, 2.75) is 32.7 Å². The van der Waals surface area contributed by atoms with Gasteiger partial charge < -0.3 is 0 Å². The lowest BCUT2D eigenvalue weighted by atomic mass is 10.2. The second-order valence-electron chi connectivity index (χ2n) is 3.14. The van der Waals surface area contributed by atoms with Crippen LogP contribution in [0.15, 0.2) is 21.9 Å². The van der Waals surface area contributed by atoms with Gasteiger partial charge in [-0.05, 0) is 6.42 Å². The van der Waals surface area contributed by atoms with Crippen molar-refractivity contribution in [2.24, 2.45) is 0 Å². The summed E-state index contributed by atoms with van der Waals surface area (Å²) < 4.78 is 2.33. The van der Waals surface area contributed by atoms with Crippen LogP contribution in [0.25, 0.3) is 0 Å². The van der Waals surface area contributed by atoms with E-state index in [9.17, 15) is 9.59 Å². The molecule has 0 N–H and O–H groups in total. The van der Waals surface area contributed by atoms with Gasteiger partial charge in [-0.1, -0.05) is 32.6 Å². The second kappa shape index (κ2) is 5.05. The van der Waals surface area contributed by atoms with Crippen LogP contribution in [0.3, 0.4) is 0 Å². The van der Waals surface area contributed by atoms with Gasteiger partial charge in [0.05, 0.1) is 0 Å². The Labute approximate surface area is 87.7 Å². The zero-order valence-electron chi connectivity index (χ0n) is 8.14. The third-order valence-corrected chi connectivity index (χ3v) is 2.34. The van der Waals surface area contributed by atoms with Crippen molar-refractivity contribution < 1.29 is 0 Å². The van der Waals surface area contributed by atoms with Crippen LogP contribution in [0.4, 0.5) is 0 Å². The molecule has 0 aromatic carbocycles. The number of nitrogens with zero attached hydrogens (tertiary/aromatic N) is 2. The smallest absolute Gasteiger partial charge is 0.269 e. The third-order valence-electron chi connectivity index (χ3n) is 2.04. The summed E-state index contributed by atoms with van der Waals surface area (Å²) in [6.45, 7) is 2.55. The minimum Gasteiger partial charge on any atom is -0.269 e. The molecule has 14 heavy (non-hydrogen) atoms. The minimum absolute atomic E-state index is 0.253. The highest BCUT2D eigenvalue weighted by Gasteiger charge is 2.01. The van der Waals surface area contributed by atoms with Crippen molar-refractivity contribution in [1.82, 2.24) is 8.54 Å². The molecule has 1 heterocycles. The topological polar surface area (TPSA) is 44.0 Å². The summed E-state index contributed by atoms with van der Waals surface area (Å²) in [6.07, 6.45) is 4.30. The molecule has 0 spiro atoms. The molecule has 0 amide bonds. The molecule has 78 valence electrons. The molecule has 0 bridgehead atoms. The van der Waals surface area contributed by atoms with Crippen LogP contribution in [0.2, 0.25) is 0 Å². The van der Waals surface area contributed by atoms with Crippen molar-refractivity contribution in [3.05, 3.63) is 33.1 Å². The Morgan fingerprint density at radius 1 is 1.36 bits per heavy atom.